The second-order valence-electron chi connectivity index (χ2n) is 6.90. The summed E-state index contributed by atoms with van der Waals surface area (Å²) in [6, 6.07) is 7.93. The number of anilines is 3. The van der Waals surface area contributed by atoms with Crippen LogP contribution in [0.1, 0.15) is 36.2 Å². The molecule has 6 N–H and O–H groups in total. The molecule has 1 fully saturated rings. The highest BCUT2D eigenvalue weighted by Crippen LogP contribution is 2.27. The van der Waals surface area contributed by atoms with Crippen LogP contribution in [0.2, 0.25) is 0 Å². The van der Waals surface area contributed by atoms with Crippen molar-refractivity contribution in [3.8, 4) is 0 Å². The molecule has 0 bridgehead atoms. The van der Waals surface area contributed by atoms with E-state index in [4.69, 9.17) is 11.5 Å². The normalized spacial score (nSPS) is 19.7. The number of carbonyl (C=O) groups is 1. The Labute approximate surface area is 157 Å². The van der Waals surface area contributed by atoms with Crippen molar-refractivity contribution in [1.29, 1.82) is 0 Å². The van der Waals surface area contributed by atoms with Crippen LogP contribution >= 0.6 is 0 Å². The zero-order valence-electron chi connectivity index (χ0n) is 14.9. The Morgan fingerprint density at radius 1 is 1.19 bits per heavy atom. The van der Waals surface area contributed by atoms with E-state index in [-0.39, 0.29) is 17.8 Å². The van der Waals surface area contributed by atoms with Crippen molar-refractivity contribution in [2.45, 2.75) is 37.8 Å². The standard InChI is InChI=1S/C19H23N7O/c20-13-5-1-2-6-14(13)24-12-9-15(18(19(21)27)22-10-12)25-16-11-23-26-8-4-3-7-17(16)26/h3-4,7-11,13-14,24-25H,1-2,5-6,20H2,(H2,21,27)/t13-,14+/m0/s1. The van der Waals surface area contributed by atoms with Gasteiger partial charge in [0, 0.05) is 18.3 Å². The molecule has 0 aromatic carbocycles. The Bertz CT molecular complexity index is 968. The maximum absolute atomic E-state index is 11.8. The van der Waals surface area contributed by atoms with Crippen LogP contribution in [0.5, 0.6) is 0 Å². The number of fused-ring (bicyclic) bond motifs is 1. The quantitative estimate of drug-likeness (QED) is 0.550. The molecule has 0 aliphatic heterocycles. The van der Waals surface area contributed by atoms with Gasteiger partial charge in [-0.2, -0.15) is 5.10 Å². The van der Waals surface area contributed by atoms with E-state index >= 15 is 0 Å². The summed E-state index contributed by atoms with van der Waals surface area (Å²) in [5.74, 6) is -0.588. The van der Waals surface area contributed by atoms with Crippen molar-refractivity contribution in [3.05, 3.63) is 48.5 Å². The molecular weight excluding hydrogens is 342 g/mol. The number of carbonyl (C=O) groups excluding carboxylic acids is 1. The number of nitrogens with one attached hydrogen (secondary N) is 2. The summed E-state index contributed by atoms with van der Waals surface area (Å²) in [7, 11) is 0. The molecule has 3 aromatic heterocycles. The minimum Gasteiger partial charge on any atom is -0.379 e. The van der Waals surface area contributed by atoms with E-state index in [1.165, 1.54) is 6.42 Å². The smallest absolute Gasteiger partial charge is 0.269 e. The number of hydrogen-bond donors (Lipinski definition) is 4. The third-order valence-corrected chi connectivity index (χ3v) is 4.99. The third kappa shape index (κ3) is 3.56. The monoisotopic (exact) mass is 365 g/mol. The summed E-state index contributed by atoms with van der Waals surface area (Å²) >= 11 is 0. The van der Waals surface area contributed by atoms with Crippen LogP contribution in [-0.2, 0) is 0 Å². The molecule has 0 spiro atoms. The zero-order valence-corrected chi connectivity index (χ0v) is 14.9. The predicted molar refractivity (Wildman–Crippen MR) is 105 cm³/mol. The summed E-state index contributed by atoms with van der Waals surface area (Å²) in [6.45, 7) is 0. The second-order valence-corrected chi connectivity index (χ2v) is 6.90. The minimum absolute atomic E-state index is 0.116. The number of nitrogens with zero attached hydrogens (tertiary/aromatic N) is 3. The molecular formula is C19H23N7O. The van der Waals surface area contributed by atoms with Gasteiger partial charge in [0.15, 0.2) is 5.69 Å². The molecule has 0 saturated heterocycles. The molecule has 0 radical (unpaired) electrons. The van der Waals surface area contributed by atoms with Gasteiger partial charge in [0.25, 0.3) is 5.91 Å². The third-order valence-electron chi connectivity index (χ3n) is 4.99. The van der Waals surface area contributed by atoms with Gasteiger partial charge in [-0.05, 0) is 31.0 Å². The summed E-state index contributed by atoms with van der Waals surface area (Å²) in [5, 5.41) is 11.0. The lowest BCUT2D eigenvalue weighted by atomic mass is 9.91. The van der Waals surface area contributed by atoms with Crippen LogP contribution in [0, 0.1) is 0 Å². The highest BCUT2D eigenvalue weighted by molar-refractivity contribution is 5.98. The van der Waals surface area contributed by atoms with Crippen molar-refractivity contribution >= 4 is 28.5 Å². The first-order chi connectivity index (χ1) is 13.1. The number of amides is 1. The van der Waals surface area contributed by atoms with Gasteiger partial charge in [-0.3, -0.25) is 4.79 Å². The molecule has 1 amide bonds. The van der Waals surface area contributed by atoms with Crippen molar-refractivity contribution in [3.63, 3.8) is 0 Å². The highest BCUT2D eigenvalue weighted by Gasteiger charge is 2.22. The first-order valence-electron chi connectivity index (χ1n) is 9.13. The number of primary amides is 1. The Morgan fingerprint density at radius 2 is 2.04 bits per heavy atom. The molecule has 3 heterocycles. The van der Waals surface area contributed by atoms with Crippen LogP contribution in [0.25, 0.3) is 5.52 Å². The number of pyridine rings is 2. The maximum atomic E-state index is 11.8. The lowest BCUT2D eigenvalue weighted by Gasteiger charge is -2.30. The lowest BCUT2D eigenvalue weighted by molar-refractivity contribution is 0.0996. The topological polar surface area (TPSA) is 123 Å². The van der Waals surface area contributed by atoms with Gasteiger partial charge in [-0.25, -0.2) is 9.50 Å². The summed E-state index contributed by atoms with van der Waals surface area (Å²) in [4.78, 5) is 16.1. The van der Waals surface area contributed by atoms with Crippen molar-refractivity contribution < 1.29 is 4.79 Å². The van der Waals surface area contributed by atoms with E-state index in [9.17, 15) is 4.79 Å². The van der Waals surface area contributed by atoms with Gasteiger partial charge >= 0.3 is 0 Å². The van der Waals surface area contributed by atoms with Crippen molar-refractivity contribution in [1.82, 2.24) is 14.6 Å². The molecule has 1 aliphatic rings. The summed E-state index contributed by atoms with van der Waals surface area (Å²) in [6.07, 6.45) is 9.55. The fourth-order valence-corrected chi connectivity index (χ4v) is 3.56. The summed E-state index contributed by atoms with van der Waals surface area (Å²) < 4.78 is 1.75. The van der Waals surface area contributed by atoms with Crippen LogP contribution in [0.3, 0.4) is 0 Å². The van der Waals surface area contributed by atoms with Gasteiger partial charge in [-0.15, -0.1) is 0 Å². The average Bonchev–Trinajstić information content (AvgIpc) is 3.07. The van der Waals surface area contributed by atoms with Crippen LogP contribution in [0.4, 0.5) is 17.1 Å². The Balaban J connectivity index is 1.64. The van der Waals surface area contributed by atoms with Crippen LogP contribution < -0.4 is 22.1 Å². The van der Waals surface area contributed by atoms with Gasteiger partial charge < -0.3 is 22.1 Å². The molecule has 3 aromatic rings. The van der Waals surface area contributed by atoms with Gasteiger partial charge in [0.2, 0.25) is 0 Å². The molecule has 0 unspecified atom stereocenters. The molecule has 27 heavy (non-hydrogen) atoms. The van der Waals surface area contributed by atoms with Gasteiger partial charge in [-0.1, -0.05) is 18.9 Å². The van der Waals surface area contributed by atoms with Crippen molar-refractivity contribution in [2.24, 2.45) is 11.5 Å². The van der Waals surface area contributed by atoms with Crippen LogP contribution in [0.15, 0.2) is 42.9 Å². The largest absolute Gasteiger partial charge is 0.379 e. The number of aromatic nitrogens is 3. The van der Waals surface area contributed by atoms with E-state index in [0.29, 0.717) is 5.69 Å². The average molecular weight is 365 g/mol. The Kier molecular flexibility index (Phi) is 4.64. The van der Waals surface area contributed by atoms with Gasteiger partial charge in [0.05, 0.1) is 35.0 Å². The molecule has 1 aliphatic carbocycles. The van der Waals surface area contributed by atoms with E-state index in [1.54, 1.807) is 16.9 Å². The molecule has 2 atom stereocenters. The molecule has 140 valence electrons. The second kappa shape index (κ2) is 7.24. The fourth-order valence-electron chi connectivity index (χ4n) is 3.56. The van der Waals surface area contributed by atoms with E-state index in [2.05, 4.69) is 20.7 Å². The van der Waals surface area contributed by atoms with E-state index in [1.807, 2.05) is 30.5 Å². The predicted octanol–water partition coefficient (Wildman–Crippen LogP) is 2.25. The SMILES string of the molecule is NC(=O)c1ncc(N[C@@H]2CCCC[C@@H]2N)cc1Nc1cnn2ccccc12. The number of nitrogens with two attached hydrogens (primary N) is 2. The van der Waals surface area contributed by atoms with E-state index < -0.39 is 5.91 Å². The van der Waals surface area contributed by atoms with Gasteiger partial charge in [0.1, 0.15) is 0 Å². The first kappa shape index (κ1) is 17.3. The first-order valence-corrected chi connectivity index (χ1v) is 9.13. The number of rotatable bonds is 5. The van der Waals surface area contributed by atoms with E-state index in [0.717, 1.165) is 36.2 Å². The lowest BCUT2D eigenvalue weighted by Crippen LogP contribution is -2.42. The Hall–Kier alpha value is -3.13. The summed E-state index contributed by atoms with van der Waals surface area (Å²) in [5.41, 5.74) is 14.9. The molecule has 8 heteroatoms. The molecule has 8 nitrogen and oxygen atoms in total. The Morgan fingerprint density at radius 3 is 2.85 bits per heavy atom. The maximum Gasteiger partial charge on any atom is 0.269 e. The van der Waals surface area contributed by atoms with Crippen molar-refractivity contribution in [2.75, 3.05) is 10.6 Å². The molecule has 1 saturated carbocycles. The molecule has 4 rings (SSSR count). The number of hydrogen-bond acceptors (Lipinski definition) is 6. The highest BCUT2D eigenvalue weighted by atomic mass is 16.1. The zero-order chi connectivity index (χ0) is 18.8. The fraction of sp³-hybridized carbons (Fsp3) is 0.316. The minimum atomic E-state index is -0.588. The van der Waals surface area contributed by atoms with Crippen LogP contribution in [-0.4, -0.2) is 32.6 Å².